The van der Waals surface area contributed by atoms with Crippen molar-refractivity contribution in [3.8, 4) is 0 Å². The van der Waals surface area contributed by atoms with E-state index in [-0.39, 0.29) is 16.5 Å². The van der Waals surface area contributed by atoms with Gasteiger partial charge in [-0.2, -0.15) is 0 Å². The van der Waals surface area contributed by atoms with Crippen LogP contribution < -0.4 is 10.2 Å². The third kappa shape index (κ3) is 6.18. The second kappa shape index (κ2) is 10.8. The first-order valence-corrected chi connectivity index (χ1v) is 9.91. The van der Waals surface area contributed by atoms with Crippen LogP contribution in [0.4, 0.5) is 0 Å². The Balaban J connectivity index is 0.00000320. The molecule has 3 rings (SSSR count). The van der Waals surface area contributed by atoms with E-state index in [1.54, 1.807) is 12.1 Å². The summed E-state index contributed by atoms with van der Waals surface area (Å²) in [6.07, 6.45) is 2.20. The molecule has 7 heteroatoms. The fourth-order valence-corrected chi connectivity index (χ4v) is 3.94. The maximum Gasteiger partial charge on any atom is 2.00 e. The van der Waals surface area contributed by atoms with Gasteiger partial charge in [-0.1, -0.05) is 59.8 Å². The summed E-state index contributed by atoms with van der Waals surface area (Å²) in [5.41, 5.74) is 1.31. The van der Waals surface area contributed by atoms with Gasteiger partial charge in [-0.05, 0) is 61.7 Å². The van der Waals surface area contributed by atoms with Crippen LogP contribution in [-0.4, -0.2) is 29.7 Å². The number of halogens is 1. The first kappa shape index (κ1) is 24.1. The molecule has 1 heterocycles. The van der Waals surface area contributed by atoms with Gasteiger partial charge in [0.05, 0.1) is 5.97 Å². The van der Waals surface area contributed by atoms with Gasteiger partial charge in [0.15, 0.2) is 5.78 Å². The molecule has 1 aliphatic heterocycles. The molecule has 0 unspecified atom stereocenters. The summed E-state index contributed by atoms with van der Waals surface area (Å²) >= 11 is 5.95. The SMILES string of the molecule is O=C([O-])/C([O-])=C/C(=O)C1(Cc2ccc(Cl)cc2)CCN(Cc2ccccc2)CC1.[Ni+2]. The maximum absolute atomic E-state index is 13.0. The Kier molecular flexibility index (Phi) is 8.66. The molecule has 0 atom stereocenters. The van der Waals surface area contributed by atoms with Crippen molar-refractivity contribution in [2.24, 2.45) is 5.41 Å². The number of hydrogen-bond acceptors (Lipinski definition) is 5. The molecule has 1 saturated heterocycles. The number of piperidine rings is 1. The number of nitrogens with zero attached hydrogens (tertiary/aromatic N) is 1. The number of rotatable bonds is 7. The number of hydrogen-bond donors (Lipinski definition) is 0. The van der Waals surface area contributed by atoms with E-state index in [1.165, 1.54) is 5.56 Å². The number of benzene rings is 2. The molecule has 0 amide bonds. The van der Waals surface area contributed by atoms with E-state index in [2.05, 4.69) is 17.0 Å². The van der Waals surface area contributed by atoms with Crippen molar-refractivity contribution in [3.63, 3.8) is 0 Å². The van der Waals surface area contributed by atoms with E-state index in [9.17, 15) is 19.8 Å². The molecular formula is C23H22ClNNiO4. The number of carbonyl (C=O) groups is 2. The van der Waals surface area contributed by atoms with Gasteiger partial charge in [-0.15, -0.1) is 0 Å². The van der Waals surface area contributed by atoms with Crippen molar-refractivity contribution in [1.82, 2.24) is 4.90 Å². The van der Waals surface area contributed by atoms with Gasteiger partial charge in [0.2, 0.25) is 0 Å². The molecule has 2 aromatic carbocycles. The molecule has 0 N–H and O–H groups in total. The molecule has 2 aromatic rings. The fraction of sp³-hybridized carbons (Fsp3) is 0.304. The topological polar surface area (TPSA) is 83.5 Å². The minimum Gasteiger partial charge on any atom is -0.871 e. The molecule has 0 spiro atoms. The number of carboxylic acid groups (broad SMARTS) is 1. The molecule has 1 aliphatic rings. The predicted molar refractivity (Wildman–Crippen MR) is 107 cm³/mol. The minimum atomic E-state index is -1.86. The normalized spacial score (nSPS) is 16.5. The quantitative estimate of drug-likeness (QED) is 0.350. The fourth-order valence-electron chi connectivity index (χ4n) is 3.82. The van der Waals surface area contributed by atoms with Crippen LogP contribution >= 0.6 is 11.6 Å². The molecule has 30 heavy (non-hydrogen) atoms. The molecule has 0 aromatic heterocycles. The summed E-state index contributed by atoms with van der Waals surface area (Å²) in [6, 6.07) is 17.3. The van der Waals surface area contributed by atoms with Crippen LogP contribution in [0.1, 0.15) is 24.0 Å². The van der Waals surface area contributed by atoms with Gasteiger partial charge in [0, 0.05) is 17.0 Å². The average molecular weight is 471 g/mol. The number of carboxylic acids is 1. The van der Waals surface area contributed by atoms with Crippen LogP contribution in [0.5, 0.6) is 0 Å². The Morgan fingerprint density at radius 1 is 0.967 bits per heavy atom. The monoisotopic (exact) mass is 469 g/mol. The summed E-state index contributed by atoms with van der Waals surface area (Å²) in [7, 11) is 0. The Bertz CT molecular complexity index is 891. The minimum absolute atomic E-state index is 0. The molecule has 0 bridgehead atoms. The van der Waals surface area contributed by atoms with E-state index in [1.807, 2.05) is 30.3 Å². The summed E-state index contributed by atoms with van der Waals surface area (Å²) in [5, 5.41) is 23.0. The van der Waals surface area contributed by atoms with Crippen molar-refractivity contribution in [2.45, 2.75) is 25.8 Å². The van der Waals surface area contributed by atoms with E-state index in [4.69, 9.17) is 11.6 Å². The summed E-state index contributed by atoms with van der Waals surface area (Å²) in [6.45, 7) is 2.15. The molecule has 0 aliphatic carbocycles. The van der Waals surface area contributed by atoms with Crippen LogP contribution in [0.15, 0.2) is 66.4 Å². The van der Waals surface area contributed by atoms with Crippen LogP contribution in [0.2, 0.25) is 5.02 Å². The van der Waals surface area contributed by atoms with Crippen LogP contribution in [-0.2, 0) is 39.0 Å². The summed E-state index contributed by atoms with van der Waals surface area (Å²) in [5.74, 6) is -3.58. The zero-order valence-corrected chi connectivity index (χ0v) is 18.0. The van der Waals surface area contributed by atoms with Crippen molar-refractivity contribution < 1.29 is 36.3 Å². The zero-order chi connectivity index (χ0) is 20.9. The smallest absolute Gasteiger partial charge is 0.871 e. The molecular weight excluding hydrogens is 448 g/mol. The Hall–Kier alpha value is -2.14. The third-order valence-corrected chi connectivity index (χ3v) is 5.76. The van der Waals surface area contributed by atoms with Crippen LogP contribution in [0.3, 0.4) is 0 Å². The van der Waals surface area contributed by atoms with Crippen molar-refractivity contribution in [2.75, 3.05) is 13.1 Å². The van der Waals surface area contributed by atoms with Crippen molar-refractivity contribution in [1.29, 1.82) is 0 Å². The van der Waals surface area contributed by atoms with Crippen molar-refractivity contribution in [3.05, 3.63) is 82.6 Å². The van der Waals surface area contributed by atoms with E-state index in [0.29, 0.717) is 43.5 Å². The van der Waals surface area contributed by atoms with Gasteiger partial charge < -0.3 is 15.0 Å². The average Bonchev–Trinajstić information content (AvgIpc) is 2.72. The van der Waals surface area contributed by atoms with Gasteiger partial charge in [-0.3, -0.25) is 9.69 Å². The van der Waals surface area contributed by atoms with Gasteiger partial charge in [-0.25, -0.2) is 0 Å². The third-order valence-electron chi connectivity index (χ3n) is 5.50. The molecule has 160 valence electrons. The maximum atomic E-state index is 13.0. The molecule has 1 fully saturated rings. The Morgan fingerprint density at radius 3 is 2.13 bits per heavy atom. The molecule has 5 nitrogen and oxygen atoms in total. The standard InChI is InChI=1S/C23H24ClNO4.Ni/c24-19-8-6-17(7-9-19)15-23(21(27)14-20(26)22(28)29)10-12-25(13-11-23)16-18-4-2-1-3-5-18;/h1-9,14,26H,10-13,15-16H2,(H,28,29);/q;+2/p-2/b20-14-;. The second-order valence-electron chi connectivity index (χ2n) is 7.51. The van der Waals surface area contributed by atoms with Crippen molar-refractivity contribution >= 4 is 23.4 Å². The Morgan fingerprint density at radius 2 is 1.57 bits per heavy atom. The summed E-state index contributed by atoms with van der Waals surface area (Å²) < 4.78 is 0. The van der Waals surface area contributed by atoms with E-state index < -0.39 is 22.9 Å². The first-order valence-electron chi connectivity index (χ1n) is 9.53. The van der Waals surface area contributed by atoms with E-state index >= 15 is 0 Å². The number of allylic oxidation sites excluding steroid dienone is 1. The first-order chi connectivity index (χ1) is 13.9. The second-order valence-corrected chi connectivity index (χ2v) is 7.94. The zero-order valence-electron chi connectivity index (χ0n) is 16.3. The van der Waals surface area contributed by atoms with Gasteiger partial charge >= 0.3 is 16.5 Å². The number of carbonyl (C=O) groups excluding carboxylic acids is 2. The predicted octanol–water partition coefficient (Wildman–Crippen LogP) is 1.73. The van der Waals surface area contributed by atoms with E-state index in [0.717, 1.165) is 12.1 Å². The molecule has 0 saturated carbocycles. The van der Waals surface area contributed by atoms with Crippen LogP contribution in [0.25, 0.3) is 0 Å². The summed E-state index contributed by atoms with van der Waals surface area (Å²) in [4.78, 5) is 26.0. The number of aliphatic carboxylic acids is 1. The van der Waals surface area contributed by atoms with Gasteiger partial charge in [0.1, 0.15) is 0 Å². The number of ketones is 1. The Labute approximate surface area is 191 Å². The molecule has 0 radical (unpaired) electrons. The largest absolute Gasteiger partial charge is 2.00 e. The van der Waals surface area contributed by atoms with Gasteiger partial charge in [0.25, 0.3) is 0 Å². The van der Waals surface area contributed by atoms with Crippen LogP contribution in [0, 0.1) is 5.41 Å². The number of likely N-dealkylation sites (tertiary alicyclic amines) is 1.